The van der Waals surface area contributed by atoms with Gasteiger partial charge >= 0.3 is 0 Å². The van der Waals surface area contributed by atoms with E-state index < -0.39 is 0 Å². The quantitative estimate of drug-likeness (QED) is 0.658. The molecule has 1 aliphatic rings. The van der Waals surface area contributed by atoms with Gasteiger partial charge in [-0.3, -0.25) is 9.36 Å². The van der Waals surface area contributed by atoms with Gasteiger partial charge in [0.2, 0.25) is 5.69 Å². The Labute approximate surface area is 171 Å². The van der Waals surface area contributed by atoms with E-state index in [-0.39, 0.29) is 12.2 Å². The van der Waals surface area contributed by atoms with Gasteiger partial charge in [-0.2, -0.15) is 4.57 Å². The minimum atomic E-state index is 0.0468. The predicted molar refractivity (Wildman–Crippen MR) is 115 cm³/mol. The minimum Gasteiger partial charge on any atom is -0.390 e. The van der Waals surface area contributed by atoms with Crippen molar-refractivity contribution in [2.75, 3.05) is 18.6 Å². The number of benzene rings is 1. The number of thioether (sulfide) groups is 1. The summed E-state index contributed by atoms with van der Waals surface area (Å²) in [5.74, 6) is 0. The molecule has 5 nitrogen and oxygen atoms in total. The third kappa shape index (κ3) is 3.30. The topological polar surface area (TPSA) is 49.4 Å². The van der Waals surface area contributed by atoms with E-state index in [2.05, 4.69) is 17.0 Å². The number of hydrogen-bond donors (Lipinski definition) is 1. The zero-order valence-corrected chi connectivity index (χ0v) is 17.5. The maximum Gasteiger partial charge on any atom is 0.271 e. The molecule has 0 bridgehead atoms. The Bertz CT molecular complexity index is 1200. The second-order valence-electron chi connectivity index (χ2n) is 6.44. The van der Waals surface area contributed by atoms with E-state index in [1.54, 1.807) is 11.8 Å². The van der Waals surface area contributed by atoms with Crippen molar-refractivity contribution in [3.63, 3.8) is 0 Å². The Morgan fingerprint density at radius 3 is 2.71 bits per heavy atom. The highest BCUT2D eigenvalue weighted by atomic mass is 32.2. The van der Waals surface area contributed by atoms with Crippen LogP contribution in [0, 0.1) is 0 Å². The van der Waals surface area contributed by atoms with Crippen LogP contribution in [0.2, 0.25) is 0 Å². The second-order valence-corrected chi connectivity index (χ2v) is 8.50. The SMILES string of the molecule is CCn1c(=O)/c(=C2/Sc3ccccc3N2C)s/c1=C/c1cccc[n+]1CCO. The van der Waals surface area contributed by atoms with Crippen LogP contribution < -0.4 is 24.2 Å². The smallest absolute Gasteiger partial charge is 0.271 e. The van der Waals surface area contributed by atoms with Gasteiger partial charge in [0.05, 0.1) is 5.69 Å². The average Bonchev–Trinajstić information content (AvgIpc) is 3.20. The van der Waals surface area contributed by atoms with Crippen LogP contribution in [-0.4, -0.2) is 23.3 Å². The second kappa shape index (κ2) is 7.95. The first-order valence-corrected chi connectivity index (χ1v) is 10.8. The average molecular weight is 413 g/mol. The van der Waals surface area contributed by atoms with Crippen molar-refractivity contribution in [1.29, 1.82) is 0 Å². The lowest BCUT2D eigenvalue weighted by Crippen LogP contribution is -2.39. The molecule has 144 valence electrons. The molecule has 2 aromatic heterocycles. The largest absolute Gasteiger partial charge is 0.390 e. The zero-order chi connectivity index (χ0) is 19.7. The van der Waals surface area contributed by atoms with Gasteiger partial charge in [0.25, 0.3) is 5.56 Å². The van der Waals surface area contributed by atoms with Crippen molar-refractivity contribution < 1.29 is 9.67 Å². The van der Waals surface area contributed by atoms with Crippen molar-refractivity contribution in [2.24, 2.45) is 0 Å². The number of nitrogens with zero attached hydrogens (tertiary/aromatic N) is 3. The number of aliphatic hydroxyl groups excluding tert-OH is 1. The number of aromatic nitrogens is 2. The van der Waals surface area contributed by atoms with Gasteiger partial charge in [0.15, 0.2) is 12.7 Å². The molecule has 7 heteroatoms. The van der Waals surface area contributed by atoms with Crippen LogP contribution in [0.1, 0.15) is 12.6 Å². The lowest BCUT2D eigenvalue weighted by molar-refractivity contribution is -0.699. The number of para-hydroxylation sites is 1. The summed E-state index contributed by atoms with van der Waals surface area (Å²) in [6, 6.07) is 14.1. The van der Waals surface area contributed by atoms with Crippen LogP contribution in [0.15, 0.2) is 58.4 Å². The molecule has 0 atom stereocenters. The first-order chi connectivity index (χ1) is 13.6. The van der Waals surface area contributed by atoms with Crippen molar-refractivity contribution in [3.05, 3.63) is 73.9 Å². The molecule has 1 aliphatic heterocycles. The lowest BCUT2D eigenvalue weighted by Gasteiger charge is -2.11. The van der Waals surface area contributed by atoms with E-state index in [9.17, 15) is 9.90 Å². The Balaban J connectivity index is 1.91. The van der Waals surface area contributed by atoms with E-state index in [0.29, 0.717) is 13.1 Å². The number of thiazole rings is 1. The number of aliphatic hydroxyl groups is 1. The van der Waals surface area contributed by atoms with Crippen LogP contribution in [0.4, 0.5) is 5.69 Å². The molecule has 0 unspecified atom stereocenters. The number of pyridine rings is 1. The number of fused-ring (bicyclic) bond motifs is 1. The monoisotopic (exact) mass is 412 g/mol. The maximum atomic E-state index is 13.2. The summed E-state index contributed by atoms with van der Waals surface area (Å²) in [7, 11) is 2.01. The zero-order valence-electron chi connectivity index (χ0n) is 15.8. The Kier molecular flexibility index (Phi) is 5.39. The molecule has 0 saturated heterocycles. The van der Waals surface area contributed by atoms with E-state index >= 15 is 0 Å². The van der Waals surface area contributed by atoms with Gasteiger partial charge < -0.3 is 10.0 Å². The van der Waals surface area contributed by atoms with Crippen molar-refractivity contribution in [2.45, 2.75) is 24.9 Å². The van der Waals surface area contributed by atoms with Crippen LogP contribution in [0.25, 0.3) is 11.1 Å². The van der Waals surface area contributed by atoms with Crippen LogP contribution >= 0.6 is 23.1 Å². The summed E-state index contributed by atoms with van der Waals surface area (Å²) in [6.07, 6.45) is 3.97. The molecule has 3 heterocycles. The minimum absolute atomic E-state index is 0.0468. The molecule has 4 rings (SSSR count). The van der Waals surface area contributed by atoms with Crippen molar-refractivity contribution in [3.8, 4) is 0 Å². The summed E-state index contributed by atoms with van der Waals surface area (Å²) < 4.78 is 5.49. The van der Waals surface area contributed by atoms with E-state index in [0.717, 1.165) is 25.6 Å². The van der Waals surface area contributed by atoms with Gasteiger partial charge in [0.1, 0.15) is 20.8 Å². The van der Waals surface area contributed by atoms with E-state index in [1.807, 2.05) is 65.7 Å². The standard InChI is InChI=1S/C21H22N3O2S2/c1-3-24-18(14-15-8-6-7-11-23(15)12-13-25)28-19(20(24)26)21-22(2)16-9-4-5-10-17(16)27-21/h4-11,14,25H,3,12-13H2,1-2H3/q+1/b21-19-. The Morgan fingerprint density at radius 1 is 1.18 bits per heavy atom. The highest BCUT2D eigenvalue weighted by molar-refractivity contribution is 8.08. The van der Waals surface area contributed by atoms with Gasteiger partial charge in [-0.1, -0.05) is 23.9 Å². The predicted octanol–water partition coefficient (Wildman–Crippen LogP) is 1.35. The molecule has 1 N–H and O–H groups in total. The van der Waals surface area contributed by atoms with Crippen molar-refractivity contribution in [1.82, 2.24) is 4.57 Å². The normalized spacial score (nSPS) is 16.0. The molecule has 28 heavy (non-hydrogen) atoms. The van der Waals surface area contributed by atoms with Crippen LogP contribution in [0.5, 0.6) is 0 Å². The summed E-state index contributed by atoms with van der Waals surface area (Å²) >= 11 is 3.17. The molecule has 0 radical (unpaired) electrons. The summed E-state index contributed by atoms with van der Waals surface area (Å²) in [4.78, 5) is 16.4. The Morgan fingerprint density at radius 2 is 1.96 bits per heavy atom. The van der Waals surface area contributed by atoms with Crippen LogP contribution in [0.3, 0.4) is 0 Å². The highest BCUT2D eigenvalue weighted by Crippen LogP contribution is 2.44. The molecule has 3 aromatic rings. The van der Waals surface area contributed by atoms with Crippen molar-refractivity contribution >= 4 is 39.9 Å². The molecule has 0 amide bonds. The molecule has 1 aromatic carbocycles. The third-order valence-electron chi connectivity index (χ3n) is 4.75. The first-order valence-electron chi connectivity index (χ1n) is 9.19. The Hall–Kier alpha value is -2.35. The lowest BCUT2D eigenvalue weighted by atomic mass is 10.3. The molecular weight excluding hydrogens is 390 g/mol. The maximum absolute atomic E-state index is 13.2. The fourth-order valence-electron chi connectivity index (χ4n) is 3.33. The first kappa shape index (κ1) is 19.0. The number of hydrogen-bond acceptors (Lipinski definition) is 5. The van der Waals surface area contributed by atoms with Gasteiger partial charge in [0, 0.05) is 36.7 Å². The molecule has 0 saturated carbocycles. The summed E-state index contributed by atoms with van der Waals surface area (Å²) in [6.45, 7) is 3.20. The molecule has 0 spiro atoms. The molecular formula is C21H22N3O2S2+. The fourth-order valence-corrected chi connectivity index (χ4v) is 5.79. The number of rotatable bonds is 4. The highest BCUT2D eigenvalue weighted by Gasteiger charge is 2.24. The van der Waals surface area contributed by atoms with Crippen LogP contribution in [-0.2, 0) is 13.1 Å². The third-order valence-corrected chi connectivity index (χ3v) is 7.23. The fraction of sp³-hybridized carbons (Fsp3) is 0.238. The van der Waals surface area contributed by atoms with E-state index in [4.69, 9.17) is 0 Å². The summed E-state index contributed by atoms with van der Waals surface area (Å²) in [5, 5.41) is 10.3. The number of anilines is 1. The molecule has 0 aliphatic carbocycles. The van der Waals surface area contributed by atoms with Gasteiger partial charge in [-0.15, -0.1) is 11.3 Å². The van der Waals surface area contributed by atoms with Gasteiger partial charge in [-0.05, 0) is 25.1 Å². The summed E-state index contributed by atoms with van der Waals surface area (Å²) in [5.41, 5.74) is 2.14. The van der Waals surface area contributed by atoms with E-state index in [1.165, 1.54) is 16.2 Å². The molecule has 0 fully saturated rings. The van der Waals surface area contributed by atoms with Gasteiger partial charge in [-0.25, -0.2) is 0 Å².